The third kappa shape index (κ3) is 1.64. The van der Waals surface area contributed by atoms with Crippen molar-refractivity contribution in [3.05, 3.63) is 11.4 Å². The number of aromatic amines is 2. The van der Waals surface area contributed by atoms with Gasteiger partial charge in [-0.2, -0.15) is 25.7 Å². The van der Waals surface area contributed by atoms with Gasteiger partial charge in [-0.1, -0.05) is 0 Å². The fraction of sp³-hybridized carbons (Fsp3) is 0.375. The lowest BCUT2D eigenvalue weighted by molar-refractivity contribution is 0.0520. The first kappa shape index (κ1) is 10.3. The molecule has 0 bridgehead atoms. The molecular weight excluding hydrogens is 212 g/mol. The average molecular weight is 222 g/mol. The Morgan fingerprint density at radius 2 is 1.88 bits per heavy atom. The number of H-pyrrole nitrogens is 2. The molecule has 2 N–H and O–H groups in total. The molecule has 0 saturated heterocycles. The van der Waals surface area contributed by atoms with Crippen LogP contribution in [-0.4, -0.2) is 43.4 Å². The Hall–Kier alpha value is -2.25. The molecule has 0 atom stereocenters. The molecule has 2 rings (SSSR count). The zero-order valence-corrected chi connectivity index (χ0v) is 8.81. The number of rotatable bonds is 3. The molecule has 0 unspecified atom stereocenters. The van der Waals surface area contributed by atoms with Crippen LogP contribution in [0.3, 0.4) is 0 Å². The van der Waals surface area contributed by atoms with Crippen molar-refractivity contribution >= 4 is 5.97 Å². The van der Waals surface area contributed by atoms with Gasteiger partial charge in [0.15, 0.2) is 5.69 Å². The summed E-state index contributed by atoms with van der Waals surface area (Å²) in [5.74, 6) is -0.534. The predicted molar refractivity (Wildman–Crippen MR) is 52.5 cm³/mol. The van der Waals surface area contributed by atoms with E-state index in [2.05, 4.69) is 30.8 Å². The SMILES string of the molecule is CCOC(=O)c1n[nH]nc1-c1n[nH]nc1C. The molecule has 0 aliphatic carbocycles. The second-order valence-corrected chi connectivity index (χ2v) is 3.00. The van der Waals surface area contributed by atoms with Gasteiger partial charge < -0.3 is 4.74 Å². The first-order valence-corrected chi connectivity index (χ1v) is 4.69. The highest BCUT2D eigenvalue weighted by atomic mass is 16.5. The van der Waals surface area contributed by atoms with E-state index in [1.165, 1.54) is 0 Å². The Morgan fingerprint density at radius 3 is 2.50 bits per heavy atom. The number of carbonyl (C=O) groups excluding carboxylic acids is 1. The number of hydrogen-bond donors (Lipinski definition) is 2. The van der Waals surface area contributed by atoms with Crippen LogP contribution in [0.4, 0.5) is 0 Å². The molecule has 0 aromatic carbocycles. The molecule has 0 fully saturated rings. The molecule has 0 spiro atoms. The van der Waals surface area contributed by atoms with E-state index in [4.69, 9.17) is 4.74 Å². The number of aryl methyl sites for hydroxylation is 1. The quantitative estimate of drug-likeness (QED) is 0.711. The van der Waals surface area contributed by atoms with Crippen LogP contribution in [0.15, 0.2) is 0 Å². The molecular formula is C8H10N6O2. The Kier molecular flexibility index (Phi) is 2.63. The van der Waals surface area contributed by atoms with Crippen LogP contribution < -0.4 is 0 Å². The third-order valence-electron chi connectivity index (χ3n) is 1.96. The average Bonchev–Trinajstić information content (AvgIpc) is 2.85. The monoisotopic (exact) mass is 222 g/mol. The van der Waals surface area contributed by atoms with Crippen LogP contribution in [0.25, 0.3) is 11.4 Å². The van der Waals surface area contributed by atoms with Crippen molar-refractivity contribution in [1.29, 1.82) is 0 Å². The smallest absolute Gasteiger partial charge is 0.361 e. The van der Waals surface area contributed by atoms with Gasteiger partial charge in [0, 0.05) is 0 Å². The maximum Gasteiger partial charge on any atom is 0.361 e. The predicted octanol–water partition coefficient (Wildman–Crippen LogP) is 0.0749. The molecule has 0 aliphatic heterocycles. The minimum absolute atomic E-state index is 0.110. The van der Waals surface area contributed by atoms with Crippen molar-refractivity contribution in [2.45, 2.75) is 13.8 Å². The zero-order chi connectivity index (χ0) is 11.5. The van der Waals surface area contributed by atoms with Crippen LogP contribution in [0.2, 0.25) is 0 Å². The van der Waals surface area contributed by atoms with E-state index in [0.717, 1.165) is 0 Å². The van der Waals surface area contributed by atoms with Gasteiger partial charge in [-0.15, -0.1) is 5.10 Å². The summed E-state index contributed by atoms with van der Waals surface area (Å²) in [5.41, 5.74) is 1.57. The highest BCUT2D eigenvalue weighted by Crippen LogP contribution is 2.19. The largest absolute Gasteiger partial charge is 0.461 e. The summed E-state index contributed by atoms with van der Waals surface area (Å²) in [5, 5.41) is 20.2. The highest BCUT2D eigenvalue weighted by molar-refractivity contribution is 5.93. The summed E-state index contributed by atoms with van der Waals surface area (Å²) in [4.78, 5) is 11.5. The van der Waals surface area contributed by atoms with Crippen LogP contribution in [0.1, 0.15) is 23.1 Å². The normalized spacial score (nSPS) is 10.4. The van der Waals surface area contributed by atoms with Crippen molar-refractivity contribution < 1.29 is 9.53 Å². The maximum atomic E-state index is 11.5. The van der Waals surface area contributed by atoms with E-state index in [1.54, 1.807) is 13.8 Å². The van der Waals surface area contributed by atoms with Gasteiger partial charge in [0.2, 0.25) is 0 Å². The Bertz CT molecular complexity index is 502. The molecule has 16 heavy (non-hydrogen) atoms. The van der Waals surface area contributed by atoms with E-state index >= 15 is 0 Å². The van der Waals surface area contributed by atoms with Crippen LogP contribution >= 0.6 is 0 Å². The molecule has 0 amide bonds. The molecule has 0 radical (unpaired) electrons. The first-order valence-electron chi connectivity index (χ1n) is 4.69. The summed E-state index contributed by atoms with van der Waals surface area (Å²) >= 11 is 0. The second kappa shape index (κ2) is 4.09. The fourth-order valence-corrected chi connectivity index (χ4v) is 1.25. The number of carbonyl (C=O) groups is 1. The number of hydrogen-bond acceptors (Lipinski definition) is 6. The van der Waals surface area contributed by atoms with E-state index in [9.17, 15) is 4.79 Å². The first-order chi connectivity index (χ1) is 7.74. The lowest BCUT2D eigenvalue weighted by Crippen LogP contribution is -2.07. The molecule has 84 valence electrons. The summed E-state index contributed by atoms with van der Waals surface area (Å²) in [6, 6.07) is 0. The summed E-state index contributed by atoms with van der Waals surface area (Å²) in [6.07, 6.45) is 0. The van der Waals surface area contributed by atoms with Gasteiger partial charge in [-0.05, 0) is 13.8 Å². The Balaban J connectivity index is 2.40. The molecule has 2 heterocycles. The van der Waals surface area contributed by atoms with Crippen molar-refractivity contribution in [3.63, 3.8) is 0 Å². The van der Waals surface area contributed by atoms with Gasteiger partial charge in [0.1, 0.15) is 11.4 Å². The Labute approximate surface area is 90.4 Å². The van der Waals surface area contributed by atoms with E-state index < -0.39 is 5.97 Å². The van der Waals surface area contributed by atoms with Gasteiger partial charge in [0.05, 0.1) is 12.3 Å². The van der Waals surface area contributed by atoms with E-state index in [-0.39, 0.29) is 12.3 Å². The van der Waals surface area contributed by atoms with Gasteiger partial charge >= 0.3 is 5.97 Å². The Morgan fingerprint density at radius 1 is 1.19 bits per heavy atom. The second-order valence-electron chi connectivity index (χ2n) is 3.00. The number of aromatic nitrogens is 6. The minimum atomic E-state index is -0.534. The molecule has 2 aromatic rings. The number of nitrogens with one attached hydrogen (secondary N) is 2. The van der Waals surface area contributed by atoms with Crippen molar-refractivity contribution in [3.8, 4) is 11.4 Å². The number of nitrogens with zero attached hydrogens (tertiary/aromatic N) is 4. The molecule has 8 nitrogen and oxygen atoms in total. The van der Waals surface area contributed by atoms with Crippen LogP contribution in [0, 0.1) is 6.92 Å². The van der Waals surface area contributed by atoms with Crippen LogP contribution in [-0.2, 0) is 4.74 Å². The lowest BCUT2D eigenvalue weighted by atomic mass is 10.2. The third-order valence-corrected chi connectivity index (χ3v) is 1.96. The van der Waals surface area contributed by atoms with E-state index in [0.29, 0.717) is 17.1 Å². The highest BCUT2D eigenvalue weighted by Gasteiger charge is 2.22. The van der Waals surface area contributed by atoms with Crippen molar-refractivity contribution in [2.75, 3.05) is 6.61 Å². The maximum absolute atomic E-state index is 11.5. The molecule has 2 aromatic heterocycles. The van der Waals surface area contributed by atoms with Crippen molar-refractivity contribution in [1.82, 2.24) is 30.8 Å². The summed E-state index contributed by atoms with van der Waals surface area (Å²) in [7, 11) is 0. The van der Waals surface area contributed by atoms with Gasteiger partial charge in [-0.25, -0.2) is 4.79 Å². The zero-order valence-electron chi connectivity index (χ0n) is 8.81. The molecule has 0 aliphatic rings. The van der Waals surface area contributed by atoms with Gasteiger partial charge in [0.25, 0.3) is 0 Å². The molecule has 0 saturated carbocycles. The summed E-state index contributed by atoms with van der Waals surface area (Å²) < 4.78 is 4.85. The number of ether oxygens (including phenoxy) is 1. The minimum Gasteiger partial charge on any atom is -0.461 e. The van der Waals surface area contributed by atoms with Gasteiger partial charge in [-0.3, -0.25) is 0 Å². The van der Waals surface area contributed by atoms with Crippen molar-refractivity contribution in [2.24, 2.45) is 0 Å². The van der Waals surface area contributed by atoms with Crippen LogP contribution in [0.5, 0.6) is 0 Å². The van der Waals surface area contributed by atoms with E-state index in [1.807, 2.05) is 0 Å². The summed E-state index contributed by atoms with van der Waals surface area (Å²) in [6.45, 7) is 3.75. The lowest BCUT2D eigenvalue weighted by Gasteiger charge is -1.98. The molecule has 8 heteroatoms. The topological polar surface area (TPSA) is 109 Å². The fourth-order valence-electron chi connectivity index (χ4n) is 1.25. The standard InChI is InChI=1S/C8H10N6O2/c1-3-16-8(15)7-6(11-14-12-7)5-4(2)9-13-10-5/h3H2,1-2H3,(H,9,10,13)(H,11,12,14). The number of esters is 1.